The number of rotatable bonds is 5. The highest BCUT2D eigenvalue weighted by molar-refractivity contribution is 8.23. The molecule has 2 heterocycles. The molecule has 2 aromatic rings. The number of piperazine rings is 1. The van der Waals surface area contributed by atoms with Gasteiger partial charge in [-0.25, -0.2) is 4.90 Å². The van der Waals surface area contributed by atoms with Crippen LogP contribution >= 0.6 is 35.6 Å². The monoisotopic (exact) mass is 517 g/mol. The third-order valence-electron chi connectivity index (χ3n) is 5.92. The molecular weight excluding hydrogens is 494 g/mol. The van der Waals surface area contributed by atoms with Crippen LogP contribution in [0.3, 0.4) is 0 Å². The molecule has 0 saturated carbocycles. The van der Waals surface area contributed by atoms with Gasteiger partial charge in [0.15, 0.2) is 5.78 Å². The van der Waals surface area contributed by atoms with E-state index < -0.39 is 5.25 Å². The zero-order chi connectivity index (χ0) is 24.4. The van der Waals surface area contributed by atoms with Crippen molar-refractivity contribution in [2.24, 2.45) is 0 Å². The number of carbonyl (C=O) groups excluding carboxylic acids is 3. The van der Waals surface area contributed by atoms with Gasteiger partial charge in [0.2, 0.25) is 11.8 Å². The van der Waals surface area contributed by atoms with E-state index in [0.717, 1.165) is 18.8 Å². The quantitative estimate of drug-likeness (QED) is 0.334. The van der Waals surface area contributed by atoms with Crippen LogP contribution in [-0.4, -0.2) is 65.4 Å². The molecule has 0 aromatic heterocycles. The molecule has 2 saturated heterocycles. The largest absolute Gasteiger partial charge is 0.495 e. The minimum Gasteiger partial charge on any atom is -0.495 e. The van der Waals surface area contributed by atoms with Gasteiger partial charge in [0.05, 0.1) is 17.8 Å². The lowest BCUT2D eigenvalue weighted by Crippen LogP contribution is -2.48. The van der Waals surface area contributed by atoms with Crippen LogP contribution < -0.4 is 14.5 Å². The molecule has 0 bridgehead atoms. The predicted octanol–water partition coefficient (Wildman–Crippen LogP) is 4.02. The zero-order valence-corrected chi connectivity index (χ0v) is 21.2. The minimum atomic E-state index is -0.557. The van der Waals surface area contributed by atoms with Crippen molar-refractivity contribution in [2.75, 3.05) is 43.1 Å². The number of hydrogen-bond donors (Lipinski definition) is 0. The summed E-state index contributed by atoms with van der Waals surface area (Å²) in [5, 5.41) is -0.148. The molecule has 0 radical (unpaired) electrons. The number of nitrogens with zero attached hydrogens (tertiary/aromatic N) is 3. The highest BCUT2D eigenvalue weighted by atomic mass is 35.5. The second-order valence-corrected chi connectivity index (χ2v) is 10.3. The van der Waals surface area contributed by atoms with Crippen molar-refractivity contribution in [1.82, 2.24) is 4.90 Å². The van der Waals surface area contributed by atoms with Gasteiger partial charge in [0.1, 0.15) is 15.3 Å². The second kappa shape index (κ2) is 10.3. The first kappa shape index (κ1) is 24.5. The number of thioether (sulfide) groups is 1. The summed E-state index contributed by atoms with van der Waals surface area (Å²) in [6.07, 6.45) is 0.0943. The number of anilines is 2. The van der Waals surface area contributed by atoms with Crippen LogP contribution in [0.5, 0.6) is 5.75 Å². The average molecular weight is 518 g/mol. The number of imide groups is 1. The standard InChI is InChI=1S/C24H24ClN3O4S2/c1-15(29)16-3-5-17(6-4-16)26-9-11-27(12-10-26)24(33)34-21-14-22(30)28(23(21)31)18-7-8-19(25)20(13-18)32-2/h3-8,13,21H,9-12,14H2,1-2H3. The molecule has 178 valence electrons. The van der Waals surface area contributed by atoms with Gasteiger partial charge in [-0.1, -0.05) is 35.6 Å². The van der Waals surface area contributed by atoms with Crippen molar-refractivity contribution in [2.45, 2.75) is 18.6 Å². The van der Waals surface area contributed by atoms with Gasteiger partial charge in [-0.3, -0.25) is 14.4 Å². The normalized spacial score (nSPS) is 18.4. The first-order chi connectivity index (χ1) is 16.3. The highest BCUT2D eigenvalue weighted by Gasteiger charge is 2.41. The Labute approximate surface area is 213 Å². The molecule has 10 heteroatoms. The van der Waals surface area contributed by atoms with Gasteiger partial charge >= 0.3 is 0 Å². The Kier molecular flexibility index (Phi) is 7.45. The lowest BCUT2D eigenvalue weighted by molar-refractivity contribution is -0.121. The van der Waals surface area contributed by atoms with Gasteiger partial charge < -0.3 is 14.5 Å². The van der Waals surface area contributed by atoms with Crippen LogP contribution in [0.1, 0.15) is 23.7 Å². The van der Waals surface area contributed by atoms with Crippen LogP contribution in [0.2, 0.25) is 5.02 Å². The third kappa shape index (κ3) is 5.06. The molecule has 2 fully saturated rings. The summed E-state index contributed by atoms with van der Waals surface area (Å²) in [5.41, 5.74) is 2.20. The summed E-state index contributed by atoms with van der Waals surface area (Å²) in [5.74, 6) is -0.105. The molecule has 1 atom stereocenters. The lowest BCUT2D eigenvalue weighted by atomic mass is 10.1. The van der Waals surface area contributed by atoms with E-state index in [4.69, 9.17) is 28.6 Å². The van der Waals surface area contributed by atoms with Gasteiger partial charge in [0.25, 0.3) is 0 Å². The fourth-order valence-corrected chi connectivity index (χ4v) is 5.74. The number of thiocarbonyl (C=S) groups is 1. The molecule has 1 unspecified atom stereocenters. The van der Waals surface area contributed by atoms with Crippen LogP contribution in [0.15, 0.2) is 42.5 Å². The molecule has 0 N–H and O–H groups in total. The van der Waals surface area contributed by atoms with Crippen LogP contribution in [0.25, 0.3) is 0 Å². The topological polar surface area (TPSA) is 70.2 Å². The van der Waals surface area contributed by atoms with E-state index in [0.29, 0.717) is 39.4 Å². The minimum absolute atomic E-state index is 0.0486. The van der Waals surface area contributed by atoms with E-state index in [2.05, 4.69) is 9.80 Å². The van der Waals surface area contributed by atoms with Crippen molar-refractivity contribution in [3.05, 3.63) is 53.1 Å². The first-order valence-corrected chi connectivity index (χ1v) is 12.5. The maximum Gasteiger partial charge on any atom is 0.247 e. The molecule has 4 rings (SSSR count). The molecule has 2 aliphatic heterocycles. The van der Waals surface area contributed by atoms with Gasteiger partial charge in [0, 0.05) is 49.9 Å². The molecular formula is C24H24ClN3O4S2. The number of methoxy groups -OCH3 is 1. The van der Waals surface area contributed by atoms with E-state index >= 15 is 0 Å². The summed E-state index contributed by atoms with van der Waals surface area (Å²) in [6.45, 7) is 4.53. The number of halogens is 1. The summed E-state index contributed by atoms with van der Waals surface area (Å²) in [6, 6.07) is 12.4. The maximum atomic E-state index is 13.0. The zero-order valence-electron chi connectivity index (χ0n) is 18.8. The summed E-state index contributed by atoms with van der Waals surface area (Å²) >= 11 is 13.0. The molecule has 0 aliphatic carbocycles. The average Bonchev–Trinajstić information content (AvgIpc) is 3.12. The third-order valence-corrected chi connectivity index (χ3v) is 7.89. The van der Waals surface area contributed by atoms with Crippen LogP contribution in [0, 0.1) is 0 Å². The summed E-state index contributed by atoms with van der Waals surface area (Å²) in [7, 11) is 1.48. The number of ether oxygens (including phenoxy) is 1. The van der Waals surface area contributed by atoms with Gasteiger partial charge in [-0.2, -0.15) is 0 Å². The lowest BCUT2D eigenvalue weighted by Gasteiger charge is -2.37. The fraction of sp³-hybridized carbons (Fsp3) is 0.333. The van der Waals surface area contributed by atoms with Crippen molar-refractivity contribution in [3.63, 3.8) is 0 Å². The second-order valence-electron chi connectivity index (χ2n) is 8.04. The van der Waals surface area contributed by atoms with E-state index in [1.165, 1.54) is 23.8 Å². The maximum absolute atomic E-state index is 13.0. The number of hydrogen-bond acceptors (Lipinski definition) is 7. The van der Waals surface area contributed by atoms with Crippen LogP contribution in [0.4, 0.5) is 11.4 Å². The molecule has 2 amide bonds. The summed E-state index contributed by atoms with van der Waals surface area (Å²) in [4.78, 5) is 42.7. The van der Waals surface area contributed by atoms with Crippen molar-refractivity contribution < 1.29 is 19.1 Å². The van der Waals surface area contributed by atoms with Crippen molar-refractivity contribution in [1.29, 1.82) is 0 Å². The Morgan fingerprint density at radius 1 is 1.06 bits per heavy atom. The molecule has 34 heavy (non-hydrogen) atoms. The number of benzene rings is 2. The van der Waals surface area contributed by atoms with Gasteiger partial charge in [-0.05, 0) is 43.3 Å². The highest BCUT2D eigenvalue weighted by Crippen LogP contribution is 2.35. The predicted molar refractivity (Wildman–Crippen MR) is 139 cm³/mol. The molecule has 2 aromatic carbocycles. The Hall–Kier alpha value is -2.62. The van der Waals surface area contributed by atoms with Crippen molar-refractivity contribution in [3.8, 4) is 5.75 Å². The van der Waals surface area contributed by atoms with E-state index in [1.54, 1.807) is 25.1 Å². The Balaban J connectivity index is 1.35. The number of Topliss-reactive ketones (excluding diaryl/α,β-unsaturated/α-hetero) is 1. The SMILES string of the molecule is COc1cc(N2C(=O)CC(SC(=S)N3CCN(c4ccc(C(C)=O)cc4)CC3)C2=O)ccc1Cl. The van der Waals surface area contributed by atoms with E-state index in [1.807, 2.05) is 24.3 Å². The van der Waals surface area contributed by atoms with Crippen molar-refractivity contribution >= 4 is 68.9 Å². The Morgan fingerprint density at radius 2 is 1.71 bits per heavy atom. The fourth-order valence-electron chi connectivity index (χ4n) is 4.01. The van der Waals surface area contributed by atoms with Gasteiger partial charge in [-0.15, -0.1) is 0 Å². The van der Waals surface area contributed by atoms with Crippen LogP contribution in [-0.2, 0) is 9.59 Å². The van der Waals surface area contributed by atoms with E-state index in [-0.39, 0.29) is 24.0 Å². The number of amides is 2. The summed E-state index contributed by atoms with van der Waals surface area (Å²) < 4.78 is 5.83. The number of carbonyl (C=O) groups is 3. The first-order valence-electron chi connectivity index (χ1n) is 10.8. The molecule has 7 nitrogen and oxygen atoms in total. The smallest absolute Gasteiger partial charge is 0.247 e. The Morgan fingerprint density at radius 3 is 2.32 bits per heavy atom. The number of ketones is 1. The van der Waals surface area contributed by atoms with E-state index in [9.17, 15) is 14.4 Å². The molecule has 0 spiro atoms. The molecule has 2 aliphatic rings. The Bertz CT molecular complexity index is 1130.